The van der Waals surface area contributed by atoms with E-state index in [1.807, 2.05) is 13.0 Å². The lowest BCUT2D eigenvalue weighted by Gasteiger charge is -2.28. The van der Waals surface area contributed by atoms with E-state index in [0.717, 1.165) is 54.3 Å². The average molecular weight is 311 g/mol. The molecule has 6 nitrogen and oxygen atoms in total. The normalized spacial score (nSPS) is 16.9. The van der Waals surface area contributed by atoms with Crippen LogP contribution >= 0.6 is 0 Å². The molecule has 23 heavy (non-hydrogen) atoms. The van der Waals surface area contributed by atoms with Gasteiger partial charge in [0, 0.05) is 43.3 Å². The molecule has 0 atom stereocenters. The maximum atomic E-state index is 5.94. The fourth-order valence-corrected chi connectivity index (χ4v) is 2.65. The topological polar surface area (TPSA) is 76.6 Å². The number of ether oxygens (including phenoxy) is 1. The SMILES string of the molecule is CN=CC(=C(C)N)c1cnc2ccc(N3CCOCC3)cc2n1. The molecule has 0 unspecified atom stereocenters. The van der Waals surface area contributed by atoms with Gasteiger partial charge in [0.25, 0.3) is 0 Å². The Kier molecular flexibility index (Phi) is 4.52. The summed E-state index contributed by atoms with van der Waals surface area (Å²) in [6, 6.07) is 6.16. The van der Waals surface area contributed by atoms with Crippen molar-refractivity contribution >= 4 is 28.5 Å². The summed E-state index contributed by atoms with van der Waals surface area (Å²) in [5.41, 5.74) is 11.0. The van der Waals surface area contributed by atoms with E-state index in [0.29, 0.717) is 5.70 Å². The van der Waals surface area contributed by atoms with E-state index >= 15 is 0 Å². The van der Waals surface area contributed by atoms with E-state index in [1.54, 1.807) is 19.5 Å². The van der Waals surface area contributed by atoms with E-state index in [2.05, 4.69) is 27.0 Å². The molecule has 0 radical (unpaired) electrons. The molecule has 0 saturated carbocycles. The maximum Gasteiger partial charge on any atom is 0.0925 e. The van der Waals surface area contributed by atoms with Crippen molar-refractivity contribution in [2.45, 2.75) is 6.92 Å². The lowest BCUT2D eigenvalue weighted by Crippen LogP contribution is -2.36. The molecular weight excluding hydrogens is 290 g/mol. The molecule has 2 N–H and O–H groups in total. The number of aromatic nitrogens is 2. The Labute approximate surface area is 135 Å². The van der Waals surface area contributed by atoms with Crippen LogP contribution in [0.5, 0.6) is 0 Å². The highest BCUT2D eigenvalue weighted by Crippen LogP contribution is 2.22. The summed E-state index contributed by atoms with van der Waals surface area (Å²) < 4.78 is 5.41. The first kappa shape index (κ1) is 15.4. The molecule has 1 saturated heterocycles. The first-order valence-corrected chi connectivity index (χ1v) is 7.67. The number of anilines is 1. The molecule has 0 spiro atoms. The van der Waals surface area contributed by atoms with Crippen molar-refractivity contribution in [3.63, 3.8) is 0 Å². The lowest BCUT2D eigenvalue weighted by molar-refractivity contribution is 0.122. The van der Waals surface area contributed by atoms with Crippen LogP contribution in [-0.2, 0) is 4.74 Å². The van der Waals surface area contributed by atoms with Gasteiger partial charge in [0.1, 0.15) is 0 Å². The molecule has 0 bridgehead atoms. The third-order valence-electron chi connectivity index (χ3n) is 3.86. The number of benzene rings is 1. The predicted octanol–water partition coefficient (Wildman–Crippen LogP) is 1.86. The number of hydrogen-bond donors (Lipinski definition) is 1. The van der Waals surface area contributed by atoms with Gasteiger partial charge in [-0.15, -0.1) is 0 Å². The molecule has 1 aliphatic heterocycles. The molecule has 120 valence electrons. The minimum absolute atomic E-state index is 0.675. The van der Waals surface area contributed by atoms with Crippen molar-refractivity contribution in [3.8, 4) is 0 Å². The van der Waals surface area contributed by atoms with E-state index in [-0.39, 0.29) is 0 Å². The molecule has 0 aliphatic carbocycles. The lowest BCUT2D eigenvalue weighted by atomic mass is 10.1. The van der Waals surface area contributed by atoms with Crippen LogP contribution < -0.4 is 10.6 Å². The Bertz CT molecular complexity index is 759. The minimum Gasteiger partial charge on any atom is -0.402 e. The van der Waals surface area contributed by atoms with Gasteiger partial charge in [-0.1, -0.05) is 0 Å². The largest absolute Gasteiger partial charge is 0.402 e. The third kappa shape index (κ3) is 3.32. The quantitative estimate of drug-likeness (QED) is 0.876. The number of hydrogen-bond acceptors (Lipinski definition) is 6. The van der Waals surface area contributed by atoms with E-state index in [4.69, 9.17) is 15.5 Å². The fraction of sp³-hybridized carbons (Fsp3) is 0.353. The number of morpholine rings is 1. The summed E-state index contributed by atoms with van der Waals surface area (Å²) in [5.74, 6) is 0. The minimum atomic E-state index is 0.675. The summed E-state index contributed by atoms with van der Waals surface area (Å²) in [5, 5.41) is 0. The van der Waals surface area contributed by atoms with Crippen LogP contribution in [0.2, 0.25) is 0 Å². The van der Waals surface area contributed by atoms with Gasteiger partial charge in [-0.2, -0.15) is 0 Å². The Hall–Kier alpha value is -2.47. The highest BCUT2D eigenvalue weighted by atomic mass is 16.5. The van der Waals surface area contributed by atoms with Gasteiger partial charge in [0.2, 0.25) is 0 Å². The van der Waals surface area contributed by atoms with Gasteiger partial charge in [-0.3, -0.25) is 9.98 Å². The van der Waals surface area contributed by atoms with Crippen LogP contribution in [0.25, 0.3) is 16.6 Å². The second kappa shape index (κ2) is 6.75. The van der Waals surface area contributed by atoms with Gasteiger partial charge >= 0.3 is 0 Å². The molecule has 1 fully saturated rings. The number of rotatable bonds is 3. The second-order valence-electron chi connectivity index (χ2n) is 5.51. The van der Waals surface area contributed by atoms with Crippen molar-refractivity contribution < 1.29 is 4.74 Å². The van der Waals surface area contributed by atoms with Gasteiger partial charge in [-0.05, 0) is 25.1 Å². The summed E-state index contributed by atoms with van der Waals surface area (Å²) in [4.78, 5) is 15.6. The van der Waals surface area contributed by atoms with Crippen LogP contribution in [0, 0.1) is 0 Å². The smallest absolute Gasteiger partial charge is 0.0925 e. The Morgan fingerprint density at radius 2 is 2.09 bits per heavy atom. The van der Waals surface area contributed by atoms with Gasteiger partial charge in [0.15, 0.2) is 0 Å². The number of aliphatic imine (C=N–C) groups is 1. The number of allylic oxidation sites excluding steroid dienone is 2. The summed E-state index contributed by atoms with van der Waals surface area (Å²) >= 11 is 0. The van der Waals surface area contributed by atoms with Crippen LogP contribution in [-0.4, -0.2) is 49.5 Å². The molecule has 2 aromatic rings. The Morgan fingerprint density at radius 3 is 2.78 bits per heavy atom. The summed E-state index contributed by atoms with van der Waals surface area (Å²) in [6.45, 7) is 5.15. The Balaban J connectivity index is 2.02. The van der Waals surface area contributed by atoms with E-state index in [1.165, 1.54) is 0 Å². The zero-order valence-corrected chi connectivity index (χ0v) is 13.5. The van der Waals surface area contributed by atoms with Crippen molar-refractivity contribution in [1.29, 1.82) is 0 Å². The van der Waals surface area contributed by atoms with Crippen molar-refractivity contribution in [1.82, 2.24) is 9.97 Å². The number of nitrogens with zero attached hydrogens (tertiary/aromatic N) is 4. The van der Waals surface area contributed by atoms with Gasteiger partial charge in [0.05, 0.1) is 36.1 Å². The first-order chi connectivity index (χ1) is 11.2. The van der Waals surface area contributed by atoms with Crippen molar-refractivity contribution in [2.24, 2.45) is 10.7 Å². The van der Waals surface area contributed by atoms with Crippen LogP contribution in [0.4, 0.5) is 5.69 Å². The zero-order valence-electron chi connectivity index (χ0n) is 13.5. The van der Waals surface area contributed by atoms with E-state index < -0.39 is 0 Å². The highest BCUT2D eigenvalue weighted by Gasteiger charge is 2.13. The zero-order chi connectivity index (χ0) is 16.2. The first-order valence-electron chi connectivity index (χ1n) is 7.67. The maximum absolute atomic E-state index is 5.94. The van der Waals surface area contributed by atoms with Crippen LogP contribution in [0.3, 0.4) is 0 Å². The monoisotopic (exact) mass is 311 g/mol. The number of fused-ring (bicyclic) bond motifs is 1. The molecule has 1 aliphatic rings. The fourth-order valence-electron chi connectivity index (χ4n) is 2.65. The standard InChI is InChI=1S/C17H21N5O/c1-12(18)14(10-19-2)17-11-20-15-4-3-13(9-16(15)21-17)22-5-7-23-8-6-22/h3-4,9-11H,5-8,18H2,1-2H3. The molecule has 3 rings (SSSR count). The van der Waals surface area contributed by atoms with Crippen molar-refractivity contribution in [3.05, 3.63) is 35.8 Å². The average Bonchev–Trinajstić information content (AvgIpc) is 2.59. The summed E-state index contributed by atoms with van der Waals surface area (Å²) in [6.07, 6.45) is 3.46. The highest BCUT2D eigenvalue weighted by molar-refractivity contribution is 6.10. The van der Waals surface area contributed by atoms with Crippen LogP contribution in [0.15, 0.2) is 35.1 Å². The molecule has 1 aromatic carbocycles. The molecule has 0 amide bonds. The van der Waals surface area contributed by atoms with E-state index in [9.17, 15) is 0 Å². The Morgan fingerprint density at radius 1 is 1.30 bits per heavy atom. The molecule has 2 heterocycles. The number of nitrogens with two attached hydrogens (primary N) is 1. The molecule has 1 aromatic heterocycles. The summed E-state index contributed by atoms with van der Waals surface area (Å²) in [7, 11) is 1.72. The molecular formula is C17H21N5O. The van der Waals surface area contributed by atoms with Crippen molar-refractivity contribution in [2.75, 3.05) is 38.3 Å². The van der Waals surface area contributed by atoms with Gasteiger partial charge < -0.3 is 15.4 Å². The van der Waals surface area contributed by atoms with Crippen LogP contribution in [0.1, 0.15) is 12.6 Å². The molecule has 6 heteroatoms. The second-order valence-corrected chi connectivity index (χ2v) is 5.51. The third-order valence-corrected chi connectivity index (χ3v) is 3.86. The predicted molar refractivity (Wildman–Crippen MR) is 93.8 cm³/mol. The van der Waals surface area contributed by atoms with Gasteiger partial charge in [-0.25, -0.2) is 4.98 Å².